The average molecular weight is 228 g/mol. The molecule has 1 rings (SSSR count). The molecule has 1 aromatic rings. The van der Waals surface area contributed by atoms with Crippen molar-refractivity contribution in [1.29, 1.82) is 0 Å². The van der Waals surface area contributed by atoms with Crippen molar-refractivity contribution in [2.24, 2.45) is 0 Å². The van der Waals surface area contributed by atoms with Crippen LogP contribution in [0.3, 0.4) is 0 Å². The van der Waals surface area contributed by atoms with Crippen molar-refractivity contribution in [3.8, 4) is 0 Å². The Hall–Kier alpha value is -1.69. The van der Waals surface area contributed by atoms with E-state index in [-0.39, 0.29) is 12.2 Å². The molecule has 0 aromatic heterocycles. The molecular formula is C10H13FN2O3. The van der Waals surface area contributed by atoms with Crippen LogP contribution in [0.2, 0.25) is 0 Å². The number of anilines is 1. The smallest absolute Gasteiger partial charge is 0.327 e. The maximum absolute atomic E-state index is 13.2. The lowest BCUT2D eigenvalue weighted by molar-refractivity contribution is -0.386. The zero-order valence-corrected chi connectivity index (χ0v) is 9.03. The predicted molar refractivity (Wildman–Crippen MR) is 57.8 cm³/mol. The molecule has 0 unspecified atom stereocenters. The van der Waals surface area contributed by atoms with Gasteiger partial charge in [-0.25, -0.2) is 0 Å². The molecule has 0 saturated heterocycles. The largest absolute Gasteiger partial charge is 0.389 e. The lowest BCUT2D eigenvalue weighted by atomic mass is 10.1. The fraction of sp³-hybridized carbons (Fsp3) is 0.400. The Morgan fingerprint density at radius 3 is 2.69 bits per heavy atom. The van der Waals surface area contributed by atoms with E-state index >= 15 is 0 Å². The number of para-hydroxylation sites is 1. The highest BCUT2D eigenvalue weighted by molar-refractivity contribution is 5.62. The van der Waals surface area contributed by atoms with Crippen LogP contribution in [0, 0.1) is 15.9 Å². The first-order valence-corrected chi connectivity index (χ1v) is 4.70. The Balaban J connectivity index is 2.96. The second-order valence-electron chi connectivity index (χ2n) is 4.06. The normalized spacial score (nSPS) is 11.2. The predicted octanol–water partition coefficient (Wildman–Crippen LogP) is 1.92. The summed E-state index contributed by atoms with van der Waals surface area (Å²) in [6, 6.07) is 3.79. The fourth-order valence-corrected chi connectivity index (χ4v) is 1.16. The number of nitrogens with one attached hydrogen (secondary N) is 1. The van der Waals surface area contributed by atoms with E-state index in [9.17, 15) is 19.6 Å². The molecule has 88 valence electrons. The second kappa shape index (κ2) is 4.44. The van der Waals surface area contributed by atoms with E-state index in [4.69, 9.17) is 0 Å². The van der Waals surface area contributed by atoms with Crippen molar-refractivity contribution in [2.75, 3.05) is 11.9 Å². The van der Waals surface area contributed by atoms with Crippen LogP contribution in [-0.4, -0.2) is 22.2 Å². The topological polar surface area (TPSA) is 75.4 Å². The maximum atomic E-state index is 13.2. The Morgan fingerprint density at radius 1 is 1.56 bits per heavy atom. The Morgan fingerprint density at radius 2 is 2.19 bits per heavy atom. The number of rotatable bonds is 4. The molecule has 5 nitrogen and oxygen atoms in total. The van der Waals surface area contributed by atoms with Gasteiger partial charge in [-0.05, 0) is 26.0 Å². The number of nitrogens with zero attached hydrogens (tertiary/aromatic N) is 1. The van der Waals surface area contributed by atoms with E-state index in [1.165, 1.54) is 12.1 Å². The van der Waals surface area contributed by atoms with Crippen molar-refractivity contribution < 1.29 is 14.4 Å². The van der Waals surface area contributed by atoms with Gasteiger partial charge in [-0.1, -0.05) is 6.07 Å². The minimum Gasteiger partial charge on any atom is -0.389 e. The second-order valence-corrected chi connectivity index (χ2v) is 4.06. The van der Waals surface area contributed by atoms with E-state index in [1.807, 2.05) is 0 Å². The van der Waals surface area contributed by atoms with Gasteiger partial charge in [0.25, 0.3) is 0 Å². The van der Waals surface area contributed by atoms with Gasteiger partial charge >= 0.3 is 5.69 Å². The van der Waals surface area contributed by atoms with Gasteiger partial charge in [0.05, 0.1) is 10.5 Å². The molecule has 6 heteroatoms. The molecule has 0 saturated carbocycles. The van der Waals surface area contributed by atoms with Crippen LogP contribution in [-0.2, 0) is 0 Å². The van der Waals surface area contributed by atoms with Crippen molar-refractivity contribution in [3.63, 3.8) is 0 Å². The summed E-state index contributed by atoms with van der Waals surface area (Å²) in [5.74, 6) is -0.897. The third-order valence-electron chi connectivity index (χ3n) is 1.88. The van der Waals surface area contributed by atoms with Gasteiger partial charge in [-0.2, -0.15) is 4.39 Å². The molecule has 0 aliphatic rings. The number of halogens is 1. The first kappa shape index (κ1) is 12.4. The zero-order valence-electron chi connectivity index (χ0n) is 9.03. The van der Waals surface area contributed by atoms with Crippen LogP contribution in [0.5, 0.6) is 0 Å². The van der Waals surface area contributed by atoms with E-state index in [0.29, 0.717) is 0 Å². The highest BCUT2D eigenvalue weighted by atomic mass is 19.1. The van der Waals surface area contributed by atoms with Gasteiger partial charge in [0.15, 0.2) is 0 Å². The van der Waals surface area contributed by atoms with Crippen molar-refractivity contribution in [3.05, 3.63) is 34.1 Å². The molecular weight excluding hydrogens is 215 g/mol. The standard InChI is InChI=1S/C10H13FN2O3/c1-10(2,14)6-12-8-5-3-4-7(11)9(8)13(15)16/h3-5,12,14H,6H2,1-2H3. The highest BCUT2D eigenvalue weighted by Gasteiger charge is 2.21. The van der Waals surface area contributed by atoms with Crippen molar-refractivity contribution in [1.82, 2.24) is 0 Å². The van der Waals surface area contributed by atoms with Crippen molar-refractivity contribution in [2.45, 2.75) is 19.4 Å². The minimum absolute atomic E-state index is 0.0622. The van der Waals surface area contributed by atoms with E-state index in [2.05, 4.69) is 5.32 Å². The molecule has 0 amide bonds. The number of hydrogen-bond acceptors (Lipinski definition) is 4. The minimum atomic E-state index is -1.03. The van der Waals surface area contributed by atoms with Gasteiger partial charge in [0, 0.05) is 6.54 Å². The zero-order chi connectivity index (χ0) is 12.3. The molecule has 0 fully saturated rings. The number of benzene rings is 1. The van der Waals surface area contributed by atoms with Crippen LogP contribution in [0.1, 0.15) is 13.8 Å². The third-order valence-corrected chi connectivity index (χ3v) is 1.88. The van der Waals surface area contributed by atoms with Crippen LogP contribution in [0.15, 0.2) is 18.2 Å². The monoisotopic (exact) mass is 228 g/mol. The molecule has 0 aliphatic heterocycles. The quantitative estimate of drug-likeness (QED) is 0.609. The first-order valence-electron chi connectivity index (χ1n) is 4.70. The number of nitro groups is 1. The van der Waals surface area contributed by atoms with Gasteiger partial charge in [0.2, 0.25) is 5.82 Å². The summed E-state index contributed by atoms with van der Waals surface area (Å²) in [6.07, 6.45) is 0. The summed E-state index contributed by atoms with van der Waals surface area (Å²) < 4.78 is 13.2. The molecule has 1 aromatic carbocycles. The van der Waals surface area contributed by atoms with Gasteiger partial charge in [0.1, 0.15) is 5.69 Å². The van der Waals surface area contributed by atoms with E-state index in [1.54, 1.807) is 13.8 Å². The van der Waals surface area contributed by atoms with Gasteiger partial charge in [-0.15, -0.1) is 0 Å². The molecule has 0 aliphatic carbocycles. The summed E-state index contributed by atoms with van der Waals surface area (Å²) in [5.41, 5.74) is -1.57. The molecule has 0 radical (unpaired) electrons. The Bertz CT molecular complexity index is 402. The van der Waals surface area contributed by atoms with Crippen LogP contribution in [0.4, 0.5) is 15.8 Å². The van der Waals surface area contributed by atoms with E-state index < -0.39 is 22.0 Å². The highest BCUT2D eigenvalue weighted by Crippen LogP contribution is 2.27. The Labute approximate surface area is 92.1 Å². The van der Waals surface area contributed by atoms with Crippen molar-refractivity contribution >= 4 is 11.4 Å². The summed E-state index contributed by atoms with van der Waals surface area (Å²) in [7, 11) is 0. The van der Waals surface area contributed by atoms with Crippen LogP contribution in [0.25, 0.3) is 0 Å². The summed E-state index contributed by atoms with van der Waals surface area (Å²) in [6.45, 7) is 3.19. The first-order chi connectivity index (χ1) is 7.31. The number of hydrogen-bond donors (Lipinski definition) is 2. The lowest BCUT2D eigenvalue weighted by Gasteiger charge is -2.18. The third kappa shape index (κ3) is 3.16. The van der Waals surface area contributed by atoms with Crippen LogP contribution >= 0.6 is 0 Å². The fourth-order valence-electron chi connectivity index (χ4n) is 1.16. The Kier molecular flexibility index (Phi) is 3.44. The molecule has 0 spiro atoms. The SMILES string of the molecule is CC(C)(O)CNc1cccc(F)c1[N+](=O)[O-]. The van der Waals surface area contributed by atoms with E-state index in [0.717, 1.165) is 6.07 Å². The van der Waals surface area contributed by atoms with Crippen LogP contribution < -0.4 is 5.32 Å². The molecule has 0 atom stereocenters. The molecule has 16 heavy (non-hydrogen) atoms. The summed E-state index contributed by atoms with van der Waals surface area (Å²) in [5, 5.41) is 22.7. The molecule has 0 bridgehead atoms. The summed E-state index contributed by atoms with van der Waals surface area (Å²) in [4.78, 5) is 9.84. The lowest BCUT2D eigenvalue weighted by Crippen LogP contribution is -2.29. The number of aliphatic hydroxyl groups is 1. The summed E-state index contributed by atoms with van der Waals surface area (Å²) >= 11 is 0. The van der Waals surface area contributed by atoms with Gasteiger partial charge < -0.3 is 10.4 Å². The number of nitro benzene ring substituents is 1. The maximum Gasteiger partial charge on any atom is 0.327 e. The molecule has 2 N–H and O–H groups in total. The van der Waals surface area contributed by atoms with Gasteiger partial charge in [-0.3, -0.25) is 10.1 Å². The average Bonchev–Trinajstić information content (AvgIpc) is 2.12. The molecule has 0 heterocycles.